The minimum absolute atomic E-state index is 0.0127. The highest BCUT2D eigenvalue weighted by Crippen LogP contribution is 2.28. The first-order chi connectivity index (χ1) is 69.1. The molecule has 0 aromatic heterocycles. The Labute approximate surface area is 860 Å². The quantitative estimate of drug-likeness (QED) is 0.0164. The number of aromatic hydroxyl groups is 1. The number of carbonyl (C=O) groups is 23. The maximum Gasteiger partial charge on any atom is 0.322 e. The van der Waals surface area contributed by atoms with Gasteiger partial charge in [0.25, 0.3) is 0 Å². The Bertz CT molecular complexity index is 4780. The Morgan fingerprint density at radius 3 is 1.33 bits per heavy atom. The molecule has 0 saturated carbocycles. The van der Waals surface area contributed by atoms with Gasteiger partial charge in [0.1, 0.15) is 109 Å². The highest BCUT2D eigenvalue weighted by atomic mass is 16.4. The molecule has 0 bridgehead atoms. The number of guanidine groups is 1. The van der Waals surface area contributed by atoms with Gasteiger partial charge in [-0.2, -0.15) is 0 Å². The molecule has 1 aromatic carbocycles. The molecule has 0 aliphatic carbocycles. The number of phenols is 1. The summed E-state index contributed by atoms with van der Waals surface area (Å²) >= 11 is 0. The SMILES string of the molecule is CC(C)C[C@H](NC(=O)[C@H](CCCNC(=N)N)NC(=O)[C@@H](N(C)C(=O)[C@H](C)NC(=O)[C@@H](N)CC(N)=O)C(C)(C)C)C(=O)NCC(=O)N[C@H](C(=O)N[C@@H](CC(C)C)C(=O)N[C@@H](CCC(N)=O)C(=O)N1CCC[C@H]1C(=O)N[C@@H](CCC(=O)O)C(=O)N[C@H](C(=O)N[C@@H](Cc1ccc(O)cc1)C(=O)N[C@@H](CCCCN)C(=O)N[C@@H](CCC(N)=O)C(=O)N[C@@H](CO)C(=O)N[C@@H](CC(C)C)C(=O)N1CCC[C@H]1C(=O)NCC(=O)O)C(C)C)C(C)C. The van der Waals surface area contributed by atoms with Gasteiger partial charge in [0.2, 0.25) is 124 Å². The fourth-order valence-corrected chi connectivity index (χ4v) is 16.6. The minimum Gasteiger partial charge on any atom is -0.508 e. The van der Waals surface area contributed by atoms with Crippen molar-refractivity contribution < 1.29 is 131 Å². The van der Waals surface area contributed by atoms with Crippen LogP contribution in [0.15, 0.2) is 24.3 Å². The van der Waals surface area contributed by atoms with Crippen LogP contribution < -0.4 is 119 Å². The number of aliphatic carboxylic acids is 2. The third-order valence-electron chi connectivity index (χ3n) is 24.2. The van der Waals surface area contributed by atoms with Gasteiger partial charge in [0.05, 0.1) is 25.6 Å². The molecule has 21 amide bonds. The van der Waals surface area contributed by atoms with E-state index in [1.165, 1.54) is 57.0 Å². The number of carbonyl (C=O) groups excluding carboxylic acids is 21. The van der Waals surface area contributed by atoms with Gasteiger partial charge in [-0.25, -0.2) is 0 Å². The standard InChI is InChI=1S/C95H158N26O27/c1-47(2)39-61(112-80(135)57(22-18-36-103-94(101)102)110-90(145)76(95(12,13)14)119(15)91(146)52(11)106-77(132)55(97)43-70(100)126)78(133)104-44-71(127)117-74(50(7)8)88(143)113-62(40-48(3)4)83(138)111-60(30-33-69(99)125)92(147)121-38-20-24-67(121)87(142)109-59(31-34-72(128)129)82(137)118-75(51(9)10)89(144)114-63(42-53-25-27-54(123)28-26-53)84(139)107-56(21-16-17-35-96)79(134)108-58(29-32-68(98)124)81(136)116-65(46-122)85(140)115-64(41-49(5)6)93(148)120-37-19-23-66(120)86(141)105-45-73(130)131/h25-28,47-52,55-67,74-76,122-123H,16-24,29-46,96-97H2,1-15H3,(H2,98,124)(H2,99,125)(H2,100,126)(H,104,133)(H,105,141)(H,106,132)(H,107,139)(H,108,134)(H,109,142)(H,110,145)(H,111,138)(H,112,135)(H,113,143)(H,114,144)(H,115,140)(H,116,136)(H,117,127)(H,118,137)(H,128,129)(H,130,131)(H4,101,102,103)/t52-,55-,56-,57-,58-,59-,60-,61-,62-,63-,64-,65-,66-,67-,74-,75-,76+/m0/s1. The van der Waals surface area contributed by atoms with Gasteiger partial charge in [0.15, 0.2) is 5.96 Å². The van der Waals surface area contributed by atoms with Crippen molar-refractivity contribution in [2.24, 2.45) is 69.4 Å². The molecule has 2 fully saturated rings. The van der Waals surface area contributed by atoms with Crippen LogP contribution in [0, 0.1) is 40.4 Å². The first-order valence-electron chi connectivity index (χ1n) is 49.7. The molecule has 0 radical (unpaired) electrons. The van der Waals surface area contributed by atoms with Crippen molar-refractivity contribution in [3.63, 3.8) is 0 Å². The van der Waals surface area contributed by atoms with Gasteiger partial charge in [0, 0.05) is 52.4 Å². The first kappa shape index (κ1) is 128. The van der Waals surface area contributed by atoms with Crippen molar-refractivity contribution in [1.29, 1.82) is 5.41 Å². The van der Waals surface area contributed by atoms with E-state index in [-0.39, 0.29) is 120 Å². The number of primary amides is 3. The first-order valence-corrected chi connectivity index (χ1v) is 49.7. The number of hydrogen-bond acceptors (Lipinski definition) is 28. The number of likely N-dealkylation sites (N-methyl/N-ethyl adjacent to an activating group) is 1. The molecule has 33 N–H and O–H groups in total. The summed E-state index contributed by atoms with van der Waals surface area (Å²) in [5.74, 6) is -25.8. The van der Waals surface area contributed by atoms with Gasteiger partial charge in [-0.15, -0.1) is 0 Å². The Hall–Kier alpha value is -14.0. The summed E-state index contributed by atoms with van der Waals surface area (Å²) in [5, 5.41) is 88.0. The van der Waals surface area contributed by atoms with E-state index in [1.807, 2.05) is 0 Å². The van der Waals surface area contributed by atoms with E-state index in [0.717, 1.165) is 9.80 Å². The van der Waals surface area contributed by atoms with Crippen LogP contribution in [-0.4, -0.2) is 333 Å². The third kappa shape index (κ3) is 44.7. The maximum absolute atomic E-state index is 15.0. The minimum atomic E-state index is -1.84. The second kappa shape index (κ2) is 62.8. The number of carboxylic acids is 2. The van der Waals surface area contributed by atoms with Gasteiger partial charge in [-0.1, -0.05) is 102 Å². The van der Waals surface area contributed by atoms with Crippen molar-refractivity contribution in [2.45, 2.75) is 328 Å². The Morgan fingerprint density at radius 1 is 0.432 bits per heavy atom. The van der Waals surface area contributed by atoms with Crippen molar-refractivity contribution >= 4 is 142 Å². The molecular weight excluding hydrogens is 1940 g/mol. The average Bonchev–Trinajstić information content (AvgIpc) is 1.54. The van der Waals surface area contributed by atoms with E-state index in [9.17, 15) is 126 Å². The third-order valence-corrected chi connectivity index (χ3v) is 24.2. The number of amides is 21. The van der Waals surface area contributed by atoms with E-state index >= 15 is 0 Å². The Balaban J connectivity index is 1.94. The monoisotopic (exact) mass is 2100 g/mol. The number of carboxylic acid groups (broad SMARTS) is 2. The Kier molecular flexibility index (Phi) is 54.4. The molecule has 148 heavy (non-hydrogen) atoms. The number of aliphatic hydroxyl groups is 1. The predicted octanol–water partition coefficient (Wildman–Crippen LogP) is -7.14. The molecule has 17 atom stereocenters. The summed E-state index contributed by atoms with van der Waals surface area (Å²) in [6.45, 7) is 20.0. The fraction of sp³-hybridized carbons (Fsp3) is 0.684. The van der Waals surface area contributed by atoms with E-state index < -0.39 is 333 Å². The van der Waals surface area contributed by atoms with Crippen LogP contribution in [0.25, 0.3) is 0 Å². The van der Waals surface area contributed by atoms with Crippen LogP contribution in [-0.2, 0) is 117 Å². The highest BCUT2D eigenvalue weighted by molar-refractivity contribution is 6.03. The number of hydrogen-bond donors (Lipinski definition) is 27. The molecule has 2 saturated heterocycles. The summed E-state index contributed by atoms with van der Waals surface area (Å²) < 4.78 is 0. The number of nitrogens with two attached hydrogens (primary N) is 6. The molecule has 2 aliphatic heterocycles. The number of nitrogens with one attached hydrogen (secondary N) is 17. The number of rotatable bonds is 65. The summed E-state index contributed by atoms with van der Waals surface area (Å²) in [7, 11) is 1.30. The molecule has 0 spiro atoms. The number of benzene rings is 1. The number of nitrogens with zero attached hydrogens (tertiary/aromatic N) is 3. The number of phenolic OH excluding ortho intramolecular Hbond substituents is 1. The van der Waals surface area contributed by atoms with E-state index in [2.05, 4.69) is 85.1 Å². The van der Waals surface area contributed by atoms with Gasteiger partial charge in [-0.05, 0) is 162 Å². The molecule has 2 heterocycles. The smallest absolute Gasteiger partial charge is 0.322 e. The molecule has 1 aromatic rings. The zero-order valence-corrected chi connectivity index (χ0v) is 87.1. The fourth-order valence-electron chi connectivity index (χ4n) is 16.6. The van der Waals surface area contributed by atoms with E-state index in [1.54, 1.807) is 76.2 Å². The molecular formula is C95H158N26O27. The Morgan fingerprint density at radius 2 is 0.845 bits per heavy atom. The molecule has 0 unspecified atom stereocenters. The zero-order valence-electron chi connectivity index (χ0n) is 87.1. The second-order valence-corrected chi connectivity index (χ2v) is 40.2. The predicted molar refractivity (Wildman–Crippen MR) is 534 cm³/mol. The highest BCUT2D eigenvalue weighted by Gasteiger charge is 2.46. The lowest BCUT2D eigenvalue weighted by Gasteiger charge is -2.38. The maximum atomic E-state index is 15.0. The summed E-state index contributed by atoms with van der Waals surface area (Å²) in [6.07, 6.45) is -3.85. The number of aliphatic hydroxyl groups excluding tert-OH is 1. The molecule has 53 heteroatoms. The molecule has 2 aliphatic rings. The van der Waals surface area contributed by atoms with Crippen molar-refractivity contribution in [1.82, 2.24) is 99.8 Å². The molecule has 53 nitrogen and oxygen atoms in total. The van der Waals surface area contributed by atoms with Crippen molar-refractivity contribution in [3.8, 4) is 5.75 Å². The zero-order chi connectivity index (χ0) is 112. The van der Waals surface area contributed by atoms with Gasteiger partial charge >= 0.3 is 11.9 Å². The lowest BCUT2D eigenvalue weighted by molar-refractivity contribution is -0.146. The van der Waals surface area contributed by atoms with Crippen molar-refractivity contribution in [2.75, 3.05) is 52.9 Å². The summed E-state index contributed by atoms with van der Waals surface area (Å²) in [4.78, 5) is 320. The lowest BCUT2D eigenvalue weighted by atomic mass is 9.84. The van der Waals surface area contributed by atoms with Crippen LogP contribution in [0.1, 0.15) is 224 Å². The van der Waals surface area contributed by atoms with Gasteiger partial charge < -0.3 is 155 Å². The van der Waals surface area contributed by atoms with Crippen LogP contribution in [0.4, 0.5) is 0 Å². The topological polar surface area (TPSA) is 856 Å². The van der Waals surface area contributed by atoms with Gasteiger partial charge in [-0.3, -0.25) is 116 Å². The number of likely N-dealkylation sites (tertiary alicyclic amines) is 2. The van der Waals surface area contributed by atoms with Crippen LogP contribution >= 0.6 is 0 Å². The van der Waals surface area contributed by atoms with Crippen LogP contribution in [0.5, 0.6) is 5.75 Å². The van der Waals surface area contributed by atoms with Crippen LogP contribution in [0.2, 0.25) is 0 Å². The molecule has 830 valence electrons. The number of unbranched alkanes of at least 4 members (excludes halogenated alkanes) is 1. The lowest BCUT2D eigenvalue weighted by Crippen LogP contribution is -2.62. The van der Waals surface area contributed by atoms with Crippen LogP contribution in [0.3, 0.4) is 0 Å². The summed E-state index contributed by atoms with van der Waals surface area (Å²) in [6, 6.07) is -20.3. The summed E-state index contributed by atoms with van der Waals surface area (Å²) in [5.41, 5.74) is 32.7. The molecule has 3 rings (SSSR count). The second-order valence-electron chi connectivity index (χ2n) is 40.2. The average molecular weight is 2100 g/mol. The normalized spacial score (nSPS) is 16.5. The van der Waals surface area contributed by atoms with E-state index in [0.29, 0.717) is 12.0 Å². The van der Waals surface area contributed by atoms with E-state index in [4.69, 9.17) is 44.9 Å². The van der Waals surface area contributed by atoms with Crippen molar-refractivity contribution in [3.05, 3.63) is 29.8 Å². The largest absolute Gasteiger partial charge is 0.508 e.